The Morgan fingerprint density at radius 2 is 2.04 bits per heavy atom. The van der Waals surface area contributed by atoms with Gasteiger partial charge in [-0.25, -0.2) is 0 Å². The maximum atomic E-state index is 12.6. The van der Waals surface area contributed by atoms with Crippen LogP contribution in [0.1, 0.15) is 10.4 Å². The molecule has 0 atom stereocenters. The molecule has 2 aromatic carbocycles. The number of benzene rings is 2. The quantitative estimate of drug-likeness (QED) is 0.589. The predicted octanol–water partition coefficient (Wildman–Crippen LogP) is 4.95. The SMILES string of the molecule is C=CCn1c(=NC(=O)c2cc(Cl)cc(Cl)c2)sc2cccc(OC)c21. The first-order valence-electron chi connectivity index (χ1n) is 7.36. The maximum Gasteiger partial charge on any atom is 0.279 e. The lowest BCUT2D eigenvalue weighted by molar-refractivity contribution is 0.0998. The first-order chi connectivity index (χ1) is 12.0. The number of allylic oxidation sites excluding steroid dienone is 1. The summed E-state index contributed by atoms with van der Waals surface area (Å²) in [5, 5.41) is 0.783. The van der Waals surface area contributed by atoms with Crippen LogP contribution in [-0.2, 0) is 6.54 Å². The number of para-hydroxylation sites is 1. The molecule has 0 spiro atoms. The largest absolute Gasteiger partial charge is 0.495 e. The first-order valence-corrected chi connectivity index (χ1v) is 8.93. The minimum absolute atomic E-state index is 0.340. The molecule has 0 N–H and O–H groups in total. The fourth-order valence-corrected chi connectivity index (χ4v) is 4.06. The second kappa shape index (κ2) is 7.44. The molecular weight excluding hydrogens is 379 g/mol. The summed E-state index contributed by atoms with van der Waals surface area (Å²) in [6.45, 7) is 4.28. The summed E-state index contributed by atoms with van der Waals surface area (Å²) in [6.07, 6.45) is 1.75. The van der Waals surface area contributed by atoms with Gasteiger partial charge in [0, 0.05) is 22.2 Å². The molecule has 0 bridgehead atoms. The van der Waals surface area contributed by atoms with E-state index >= 15 is 0 Å². The van der Waals surface area contributed by atoms with Gasteiger partial charge in [0.25, 0.3) is 5.91 Å². The van der Waals surface area contributed by atoms with E-state index in [0.717, 1.165) is 16.0 Å². The average Bonchev–Trinajstić information content (AvgIpc) is 2.92. The first kappa shape index (κ1) is 17.7. The van der Waals surface area contributed by atoms with Gasteiger partial charge >= 0.3 is 0 Å². The van der Waals surface area contributed by atoms with Crippen molar-refractivity contribution in [2.24, 2.45) is 4.99 Å². The van der Waals surface area contributed by atoms with Gasteiger partial charge in [0.2, 0.25) is 0 Å². The third kappa shape index (κ3) is 3.63. The van der Waals surface area contributed by atoms with Crippen LogP contribution in [0.25, 0.3) is 10.2 Å². The normalized spacial score (nSPS) is 11.7. The standard InChI is InChI=1S/C18H14Cl2N2O2S/c1-3-7-22-16-14(24-2)5-4-6-15(16)25-18(22)21-17(23)11-8-12(19)10-13(20)9-11/h3-6,8-10H,1,7H2,2H3. The molecule has 0 radical (unpaired) electrons. The zero-order valence-electron chi connectivity index (χ0n) is 13.3. The molecule has 128 valence electrons. The summed E-state index contributed by atoms with van der Waals surface area (Å²) in [7, 11) is 1.61. The minimum Gasteiger partial charge on any atom is -0.495 e. The number of methoxy groups -OCH3 is 1. The highest BCUT2D eigenvalue weighted by Crippen LogP contribution is 2.27. The van der Waals surface area contributed by atoms with E-state index in [1.807, 2.05) is 22.8 Å². The van der Waals surface area contributed by atoms with Crippen molar-refractivity contribution >= 4 is 50.7 Å². The van der Waals surface area contributed by atoms with Crippen LogP contribution < -0.4 is 9.54 Å². The maximum absolute atomic E-state index is 12.6. The molecular formula is C18H14Cl2N2O2S. The summed E-state index contributed by atoms with van der Waals surface area (Å²) in [4.78, 5) is 17.4. The third-order valence-corrected chi connectivity index (χ3v) is 4.98. The molecule has 25 heavy (non-hydrogen) atoms. The van der Waals surface area contributed by atoms with Crippen molar-refractivity contribution in [3.8, 4) is 5.75 Å². The van der Waals surface area contributed by atoms with Crippen LogP contribution in [0.4, 0.5) is 0 Å². The molecule has 4 nitrogen and oxygen atoms in total. The van der Waals surface area contributed by atoms with Gasteiger partial charge in [-0.3, -0.25) is 4.79 Å². The number of ether oxygens (including phenoxy) is 1. The summed E-state index contributed by atoms with van der Waals surface area (Å²) in [6, 6.07) is 10.4. The molecule has 0 saturated heterocycles. The second-order valence-electron chi connectivity index (χ2n) is 5.17. The molecule has 7 heteroatoms. The van der Waals surface area contributed by atoms with E-state index < -0.39 is 5.91 Å². The van der Waals surface area contributed by atoms with Gasteiger partial charge < -0.3 is 9.30 Å². The Morgan fingerprint density at radius 3 is 2.68 bits per heavy atom. The second-order valence-corrected chi connectivity index (χ2v) is 7.05. The van der Waals surface area contributed by atoms with Crippen molar-refractivity contribution in [2.75, 3.05) is 7.11 Å². The summed E-state index contributed by atoms with van der Waals surface area (Å²) >= 11 is 13.3. The van der Waals surface area contributed by atoms with Gasteiger partial charge in [-0.15, -0.1) is 6.58 Å². The van der Waals surface area contributed by atoms with Gasteiger partial charge in [-0.2, -0.15) is 4.99 Å². The number of rotatable bonds is 4. The monoisotopic (exact) mass is 392 g/mol. The highest BCUT2D eigenvalue weighted by Gasteiger charge is 2.13. The Kier molecular flexibility index (Phi) is 5.27. The summed E-state index contributed by atoms with van der Waals surface area (Å²) < 4.78 is 8.31. The molecule has 0 aliphatic heterocycles. The molecule has 0 aliphatic rings. The number of halogens is 2. The molecule has 0 saturated carbocycles. The van der Waals surface area contributed by atoms with E-state index in [2.05, 4.69) is 11.6 Å². The van der Waals surface area contributed by atoms with E-state index in [4.69, 9.17) is 27.9 Å². The van der Waals surface area contributed by atoms with Gasteiger partial charge in [0.05, 0.1) is 11.8 Å². The Balaban J connectivity index is 2.20. The number of aromatic nitrogens is 1. The highest BCUT2D eigenvalue weighted by atomic mass is 35.5. The number of amides is 1. The fraction of sp³-hybridized carbons (Fsp3) is 0.111. The van der Waals surface area contributed by atoms with Crippen LogP contribution in [0.2, 0.25) is 10.0 Å². The number of nitrogens with zero attached hydrogens (tertiary/aromatic N) is 2. The Bertz CT molecular complexity index is 1020. The number of hydrogen-bond donors (Lipinski definition) is 0. The average molecular weight is 393 g/mol. The van der Waals surface area contributed by atoms with Crippen LogP contribution in [0.5, 0.6) is 5.75 Å². The van der Waals surface area contributed by atoms with E-state index in [9.17, 15) is 4.79 Å². The number of fused-ring (bicyclic) bond motifs is 1. The molecule has 1 aromatic heterocycles. The lowest BCUT2D eigenvalue weighted by Crippen LogP contribution is -2.16. The number of hydrogen-bond acceptors (Lipinski definition) is 3. The molecule has 1 amide bonds. The molecule has 3 aromatic rings. The Labute approximate surface area is 158 Å². The van der Waals surface area contributed by atoms with Crippen molar-refractivity contribution < 1.29 is 9.53 Å². The lowest BCUT2D eigenvalue weighted by atomic mass is 10.2. The van der Waals surface area contributed by atoms with Crippen LogP contribution >= 0.6 is 34.5 Å². The van der Waals surface area contributed by atoms with Gasteiger partial charge in [0.1, 0.15) is 11.3 Å². The van der Waals surface area contributed by atoms with E-state index in [1.165, 1.54) is 11.3 Å². The van der Waals surface area contributed by atoms with Crippen molar-refractivity contribution in [1.29, 1.82) is 0 Å². The topological polar surface area (TPSA) is 43.6 Å². The number of carbonyl (C=O) groups excluding carboxylic acids is 1. The van der Waals surface area contributed by atoms with E-state index in [0.29, 0.717) is 27.0 Å². The molecule has 0 unspecified atom stereocenters. The molecule has 3 rings (SSSR count). The van der Waals surface area contributed by atoms with Gasteiger partial charge in [0.15, 0.2) is 4.80 Å². The van der Waals surface area contributed by atoms with Crippen molar-refractivity contribution in [2.45, 2.75) is 6.54 Å². The Hall–Kier alpha value is -2.08. The molecule has 0 fully saturated rings. The van der Waals surface area contributed by atoms with Crippen molar-refractivity contribution in [3.05, 3.63) is 69.5 Å². The predicted molar refractivity (Wildman–Crippen MR) is 103 cm³/mol. The fourth-order valence-electron chi connectivity index (χ4n) is 2.47. The van der Waals surface area contributed by atoms with Gasteiger partial charge in [-0.1, -0.05) is 46.7 Å². The van der Waals surface area contributed by atoms with Crippen LogP contribution in [0.3, 0.4) is 0 Å². The lowest BCUT2D eigenvalue weighted by Gasteiger charge is -2.06. The zero-order chi connectivity index (χ0) is 18.0. The minimum atomic E-state index is -0.410. The van der Waals surface area contributed by atoms with Crippen LogP contribution in [0, 0.1) is 0 Å². The zero-order valence-corrected chi connectivity index (χ0v) is 15.7. The van der Waals surface area contributed by atoms with Crippen LogP contribution in [-0.4, -0.2) is 17.6 Å². The number of carbonyl (C=O) groups is 1. The Morgan fingerprint density at radius 1 is 1.32 bits per heavy atom. The van der Waals surface area contributed by atoms with E-state index in [-0.39, 0.29) is 0 Å². The van der Waals surface area contributed by atoms with Crippen molar-refractivity contribution in [1.82, 2.24) is 4.57 Å². The third-order valence-electron chi connectivity index (χ3n) is 3.50. The van der Waals surface area contributed by atoms with Crippen molar-refractivity contribution in [3.63, 3.8) is 0 Å². The van der Waals surface area contributed by atoms with E-state index in [1.54, 1.807) is 31.4 Å². The van der Waals surface area contributed by atoms with Crippen LogP contribution in [0.15, 0.2) is 54.0 Å². The smallest absolute Gasteiger partial charge is 0.279 e. The molecule has 0 aliphatic carbocycles. The summed E-state index contributed by atoms with van der Waals surface area (Å²) in [5.41, 5.74) is 1.22. The summed E-state index contributed by atoms with van der Waals surface area (Å²) in [5.74, 6) is 0.308. The van der Waals surface area contributed by atoms with Gasteiger partial charge in [-0.05, 0) is 30.3 Å². The molecule has 1 heterocycles. The number of thiazole rings is 1. The highest BCUT2D eigenvalue weighted by molar-refractivity contribution is 7.16.